The fourth-order valence-electron chi connectivity index (χ4n) is 2.89. The number of Topliss-reactive ketones (excluding diaryl/α,β-unsaturated/α-hetero) is 1. The van der Waals surface area contributed by atoms with Crippen LogP contribution >= 0.6 is 0 Å². The third-order valence-electron chi connectivity index (χ3n) is 4.39. The third kappa shape index (κ3) is 3.91. The molecule has 0 saturated heterocycles. The summed E-state index contributed by atoms with van der Waals surface area (Å²) < 4.78 is 1.80. The summed E-state index contributed by atoms with van der Waals surface area (Å²) >= 11 is 0. The van der Waals surface area contributed by atoms with Crippen LogP contribution in [-0.2, 0) is 17.8 Å². The van der Waals surface area contributed by atoms with Gasteiger partial charge in [0.05, 0.1) is 5.69 Å². The Kier molecular flexibility index (Phi) is 5.32. The fraction of sp³-hybridized carbons (Fsp3) is 0.182. The number of hydrogen-bond donors (Lipinski definition) is 1. The number of anilines is 1. The number of nitrogens with zero attached hydrogens (tertiary/aromatic N) is 1. The van der Waals surface area contributed by atoms with Crippen LogP contribution in [0.3, 0.4) is 0 Å². The first-order valence-electron chi connectivity index (χ1n) is 8.72. The molecule has 0 aliphatic heterocycles. The van der Waals surface area contributed by atoms with Crippen LogP contribution in [0, 0.1) is 6.92 Å². The van der Waals surface area contributed by atoms with Gasteiger partial charge in [-0.05, 0) is 42.7 Å². The average Bonchev–Trinajstić information content (AvgIpc) is 3.11. The number of hydrogen-bond acceptors (Lipinski definition) is 2. The van der Waals surface area contributed by atoms with E-state index in [1.807, 2.05) is 68.6 Å². The molecule has 0 fully saturated rings. The Morgan fingerprint density at radius 1 is 0.962 bits per heavy atom. The van der Waals surface area contributed by atoms with E-state index < -0.39 is 11.7 Å². The highest BCUT2D eigenvalue weighted by Gasteiger charge is 2.20. The van der Waals surface area contributed by atoms with Crippen molar-refractivity contribution < 1.29 is 9.59 Å². The molecule has 2 aromatic carbocycles. The summed E-state index contributed by atoms with van der Waals surface area (Å²) in [6.07, 6.45) is 2.61. The topological polar surface area (TPSA) is 51.1 Å². The van der Waals surface area contributed by atoms with Gasteiger partial charge in [0.25, 0.3) is 11.7 Å². The summed E-state index contributed by atoms with van der Waals surface area (Å²) in [5.41, 5.74) is 4.34. The van der Waals surface area contributed by atoms with Crippen LogP contribution in [-0.4, -0.2) is 16.3 Å². The van der Waals surface area contributed by atoms with Gasteiger partial charge in [-0.15, -0.1) is 0 Å². The molecule has 0 bridgehead atoms. The lowest BCUT2D eigenvalue weighted by Gasteiger charge is -2.11. The fourth-order valence-corrected chi connectivity index (χ4v) is 2.89. The van der Waals surface area contributed by atoms with Crippen molar-refractivity contribution >= 4 is 17.4 Å². The Hall–Kier alpha value is -3.14. The summed E-state index contributed by atoms with van der Waals surface area (Å²) in [4.78, 5) is 25.1. The maximum absolute atomic E-state index is 12.6. The minimum Gasteiger partial charge on any atom is -0.340 e. The van der Waals surface area contributed by atoms with Crippen molar-refractivity contribution in [3.8, 4) is 0 Å². The van der Waals surface area contributed by atoms with Crippen LogP contribution in [0.5, 0.6) is 0 Å². The van der Waals surface area contributed by atoms with Gasteiger partial charge in [0.15, 0.2) is 0 Å². The number of nitrogens with one attached hydrogen (secondary N) is 1. The number of benzene rings is 2. The number of aromatic nitrogens is 1. The maximum atomic E-state index is 12.6. The molecule has 0 spiro atoms. The van der Waals surface area contributed by atoms with Crippen molar-refractivity contribution in [3.05, 3.63) is 89.2 Å². The molecule has 0 radical (unpaired) electrons. The van der Waals surface area contributed by atoms with Crippen LogP contribution in [0.2, 0.25) is 0 Å². The highest BCUT2D eigenvalue weighted by atomic mass is 16.2. The molecule has 132 valence electrons. The van der Waals surface area contributed by atoms with Crippen molar-refractivity contribution in [2.75, 3.05) is 5.32 Å². The largest absolute Gasteiger partial charge is 0.340 e. The van der Waals surface area contributed by atoms with Crippen LogP contribution in [0.1, 0.15) is 34.1 Å². The van der Waals surface area contributed by atoms with Gasteiger partial charge in [-0.1, -0.05) is 55.0 Å². The highest BCUT2D eigenvalue weighted by Crippen LogP contribution is 2.16. The quantitative estimate of drug-likeness (QED) is 0.536. The van der Waals surface area contributed by atoms with E-state index in [4.69, 9.17) is 0 Å². The Morgan fingerprint density at radius 2 is 1.69 bits per heavy atom. The molecule has 1 aromatic heterocycles. The Bertz CT molecular complexity index is 923. The van der Waals surface area contributed by atoms with Gasteiger partial charge in [-0.25, -0.2) is 0 Å². The van der Waals surface area contributed by atoms with Crippen LogP contribution < -0.4 is 5.32 Å². The summed E-state index contributed by atoms with van der Waals surface area (Å²) in [5, 5.41) is 2.75. The minimum atomic E-state index is -0.616. The normalized spacial score (nSPS) is 10.5. The van der Waals surface area contributed by atoms with Gasteiger partial charge >= 0.3 is 0 Å². The van der Waals surface area contributed by atoms with Gasteiger partial charge in [0, 0.05) is 18.4 Å². The Balaban J connectivity index is 1.77. The molecule has 0 atom stereocenters. The van der Waals surface area contributed by atoms with E-state index in [0.717, 1.165) is 17.5 Å². The van der Waals surface area contributed by atoms with Crippen LogP contribution in [0.4, 0.5) is 5.69 Å². The monoisotopic (exact) mass is 346 g/mol. The molecule has 3 rings (SSSR count). The zero-order chi connectivity index (χ0) is 18.5. The molecule has 4 heteroatoms. The zero-order valence-corrected chi connectivity index (χ0v) is 15.0. The van der Waals surface area contributed by atoms with Crippen molar-refractivity contribution in [1.29, 1.82) is 0 Å². The minimum absolute atomic E-state index is 0.386. The lowest BCUT2D eigenvalue weighted by molar-refractivity contribution is -0.112. The van der Waals surface area contributed by atoms with E-state index in [2.05, 4.69) is 5.32 Å². The van der Waals surface area contributed by atoms with Crippen molar-refractivity contribution in [2.24, 2.45) is 0 Å². The zero-order valence-electron chi connectivity index (χ0n) is 15.0. The van der Waals surface area contributed by atoms with Gasteiger partial charge in [-0.3, -0.25) is 9.59 Å². The Morgan fingerprint density at radius 3 is 2.42 bits per heavy atom. The molecule has 1 heterocycles. The van der Waals surface area contributed by atoms with E-state index >= 15 is 0 Å². The first kappa shape index (κ1) is 17.7. The third-order valence-corrected chi connectivity index (χ3v) is 4.39. The van der Waals surface area contributed by atoms with Gasteiger partial charge in [0.2, 0.25) is 0 Å². The molecule has 4 nitrogen and oxygen atoms in total. The van der Waals surface area contributed by atoms with Gasteiger partial charge < -0.3 is 9.88 Å². The lowest BCUT2D eigenvalue weighted by atomic mass is 10.1. The predicted molar refractivity (Wildman–Crippen MR) is 103 cm³/mol. The molecule has 26 heavy (non-hydrogen) atoms. The SMILES string of the molecule is CCc1ccccc1NC(=O)C(=O)c1cccn1Cc1ccc(C)cc1. The number of carbonyl (C=O) groups is 2. The number of amides is 1. The molecule has 1 N–H and O–H groups in total. The second-order valence-corrected chi connectivity index (χ2v) is 6.30. The van der Waals surface area contributed by atoms with E-state index in [1.54, 1.807) is 16.7 Å². The summed E-state index contributed by atoms with van der Waals surface area (Å²) in [7, 11) is 0. The lowest BCUT2D eigenvalue weighted by Crippen LogP contribution is -2.25. The molecular weight excluding hydrogens is 324 g/mol. The van der Waals surface area contributed by atoms with Crippen LogP contribution in [0.25, 0.3) is 0 Å². The second-order valence-electron chi connectivity index (χ2n) is 6.30. The first-order chi connectivity index (χ1) is 12.6. The number of rotatable bonds is 6. The predicted octanol–water partition coefficient (Wildman–Crippen LogP) is 4.23. The van der Waals surface area contributed by atoms with E-state index in [-0.39, 0.29) is 0 Å². The van der Waals surface area contributed by atoms with E-state index in [9.17, 15) is 9.59 Å². The highest BCUT2D eigenvalue weighted by molar-refractivity contribution is 6.46. The van der Waals surface area contributed by atoms with Crippen molar-refractivity contribution in [2.45, 2.75) is 26.8 Å². The van der Waals surface area contributed by atoms with Gasteiger partial charge in [0.1, 0.15) is 0 Å². The summed E-state index contributed by atoms with van der Waals surface area (Å²) in [5.74, 6) is -1.15. The molecule has 3 aromatic rings. The summed E-state index contributed by atoms with van der Waals surface area (Å²) in [6.45, 7) is 4.60. The van der Waals surface area contributed by atoms with Crippen molar-refractivity contribution in [3.63, 3.8) is 0 Å². The Labute approximate surface area is 153 Å². The van der Waals surface area contributed by atoms with E-state index in [0.29, 0.717) is 17.9 Å². The average molecular weight is 346 g/mol. The molecule has 0 aliphatic rings. The summed E-state index contributed by atoms with van der Waals surface area (Å²) in [6, 6.07) is 19.1. The van der Waals surface area contributed by atoms with Crippen molar-refractivity contribution in [1.82, 2.24) is 4.57 Å². The standard InChI is InChI=1S/C22H22N2O2/c1-3-18-7-4-5-8-19(18)23-22(26)21(25)20-9-6-14-24(20)15-17-12-10-16(2)11-13-17/h4-14H,3,15H2,1-2H3,(H,23,26). The number of ketones is 1. The van der Waals surface area contributed by atoms with Crippen LogP contribution in [0.15, 0.2) is 66.9 Å². The molecule has 0 unspecified atom stereocenters. The molecule has 1 amide bonds. The first-order valence-corrected chi connectivity index (χ1v) is 8.72. The number of carbonyl (C=O) groups excluding carboxylic acids is 2. The maximum Gasteiger partial charge on any atom is 0.298 e. The molecule has 0 aliphatic carbocycles. The molecular formula is C22H22N2O2. The second kappa shape index (κ2) is 7.83. The number of aryl methyl sites for hydroxylation is 2. The van der Waals surface area contributed by atoms with Gasteiger partial charge in [-0.2, -0.15) is 0 Å². The smallest absolute Gasteiger partial charge is 0.298 e. The molecule has 0 saturated carbocycles. The van der Waals surface area contributed by atoms with E-state index in [1.165, 1.54) is 5.56 Å². The number of para-hydroxylation sites is 1.